The van der Waals surface area contributed by atoms with Gasteiger partial charge in [-0.25, -0.2) is 0 Å². The van der Waals surface area contributed by atoms with Crippen molar-refractivity contribution < 1.29 is 14.3 Å². The highest BCUT2D eigenvalue weighted by atomic mass is 16.5. The molecule has 0 spiro atoms. The highest BCUT2D eigenvalue weighted by Gasteiger charge is 2.20. The first-order valence-corrected chi connectivity index (χ1v) is 23.1. The molecule has 54 heavy (non-hydrogen) atoms. The van der Waals surface area contributed by atoms with Crippen molar-refractivity contribution >= 4 is 16.7 Å². The molecule has 0 fully saturated rings. The molecule has 0 aromatic heterocycles. The Kier molecular flexibility index (Phi) is 31.6. The molecule has 6 heteroatoms. The van der Waals surface area contributed by atoms with E-state index in [4.69, 9.17) is 15.2 Å². The molecule has 2 rings (SSSR count). The van der Waals surface area contributed by atoms with Crippen molar-refractivity contribution in [2.45, 2.75) is 206 Å². The topological polar surface area (TPSA) is 85.6 Å². The minimum atomic E-state index is -0.276. The van der Waals surface area contributed by atoms with Gasteiger partial charge >= 0.3 is 0 Å². The number of nitrogens with two attached hydrogens (primary N) is 1. The summed E-state index contributed by atoms with van der Waals surface area (Å²) in [5.41, 5.74) is 6.99. The number of carbonyl (C=O) groups is 1. The van der Waals surface area contributed by atoms with Gasteiger partial charge in [0, 0.05) is 26.3 Å². The van der Waals surface area contributed by atoms with Gasteiger partial charge in [0.05, 0.1) is 18.8 Å². The van der Waals surface area contributed by atoms with Crippen molar-refractivity contribution in [3.63, 3.8) is 0 Å². The van der Waals surface area contributed by atoms with Crippen LogP contribution in [0.3, 0.4) is 0 Å². The van der Waals surface area contributed by atoms with Crippen LogP contribution in [-0.2, 0) is 20.8 Å². The average Bonchev–Trinajstić information content (AvgIpc) is 3.19. The van der Waals surface area contributed by atoms with Crippen LogP contribution in [0.1, 0.15) is 193 Å². The molecule has 1 amide bonds. The van der Waals surface area contributed by atoms with Crippen LogP contribution in [0, 0.1) is 0 Å². The molecule has 0 radical (unpaired) electrons. The number of hydrogen-bond donors (Lipinski definition) is 3. The largest absolute Gasteiger partial charge is 0.379 e. The third-order valence-corrected chi connectivity index (χ3v) is 10.9. The summed E-state index contributed by atoms with van der Waals surface area (Å²) in [7, 11) is 0. The summed E-state index contributed by atoms with van der Waals surface area (Å²) in [6.45, 7) is 8.34. The minimum Gasteiger partial charge on any atom is -0.379 e. The van der Waals surface area contributed by atoms with Gasteiger partial charge in [-0.2, -0.15) is 0 Å². The van der Waals surface area contributed by atoms with Gasteiger partial charge < -0.3 is 25.8 Å². The first-order valence-electron chi connectivity index (χ1n) is 23.1. The standard InChI is InChI=1S/C48H85N3O3/c1-3-5-7-9-11-13-15-17-19-21-23-29-37-53-42-46(54-38-30-24-22-20-18-16-14-12-10-8-6-4-2)41-51-48(52)47(33-27-28-36-49)50-40-43-34-35-44-31-25-26-32-45(44)39-43/h25-26,31-32,34-35,39,46-47,50H,3-24,27-30,33,36-38,40-42,49H2,1-2H3,(H,51,52)/t46?,47-/m0/s1. The molecule has 4 N–H and O–H groups in total. The molecular weight excluding hydrogens is 667 g/mol. The lowest BCUT2D eigenvalue weighted by atomic mass is 10.1. The first kappa shape index (κ1) is 48.2. The van der Waals surface area contributed by atoms with Gasteiger partial charge in [0.15, 0.2) is 0 Å². The second-order valence-electron chi connectivity index (χ2n) is 16.0. The minimum absolute atomic E-state index is 0.0349. The van der Waals surface area contributed by atoms with Gasteiger partial charge in [-0.05, 0) is 54.6 Å². The maximum atomic E-state index is 13.6. The van der Waals surface area contributed by atoms with Crippen LogP contribution in [0.4, 0.5) is 0 Å². The SMILES string of the molecule is CCCCCCCCCCCCCCOCC(CNC(=O)[C@H](CCCCN)NCc1ccc2ccccc2c1)OCCCCCCCCCCCCCC. The molecule has 0 aliphatic heterocycles. The van der Waals surface area contributed by atoms with E-state index in [9.17, 15) is 4.79 Å². The van der Waals surface area contributed by atoms with Crippen molar-refractivity contribution in [3.05, 3.63) is 48.0 Å². The molecule has 0 aliphatic rings. The van der Waals surface area contributed by atoms with E-state index < -0.39 is 0 Å². The number of benzene rings is 2. The molecule has 2 aromatic rings. The van der Waals surface area contributed by atoms with Gasteiger partial charge in [-0.1, -0.05) is 198 Å². The van der Waals surface area contributed by atoms with Crippen molar-refractivity contribution in [2.24, 2.45) is 5.73 Å². The normalized spacial score (nSPS) is 12.7. The van der Waals surface area contributed by atoms with Crippen LogP contribution in [0.15, 0.2) is 42.5 Å². The van der Waals surface area contributed by atoms with Crippen LogP contribution in [0.2, 0.25) is 0 Å². The Bertz CT molecular complexity index is 1130. The number of amides is 1. The van der Waals surface area contributed by atoms with Crippen molar-refractivity contribution in [3.8, 4) is 0 Å². The predicted octanol–water partition coefficient (Wildman–Crippen LogP) is 12.3. The van der Waals surface area contributed by atoms with E-state index in [0.717, 1.165) is 45.3 Å². The Balaban J connectivity index is 1.74. The van der Waals surface area contributed by atoms with E-state index in [0.29, 0.717) is 26.2 Å². The van der Waals surface area contributed by atoms with Crippen LogP contribution >= 0.6 is 0 Å². The zero-order chi connectivity index (χ0) is 38.6. The summed E-state index contributed by atoms with van der Waals surface area (Å²) in [6.07, 6.45) is 34.5. The van der Waals surface area contributed by atoms with Gasteiger partial charge in [-0.15, -0.1) is 0 Å². The summed E-state index contributed by atoms with van der Waals surface area (Å²) in [4.78, 5) is 13.6. The highest BCUT2D eigenvalue weighted by molar-refractivity contribution is 5.83. The van der Waals surface area contributed by atoms with Crippen LogP contribution in [0.25, 0.3) is 10.8 Å². The molecule has 0 heterocycles. The molecule has 0 aliphatic carbocycles. The van der Waals surface area contributed by atoms with E-state index in [-0.39, 0.29) is 18.1 Å². The molecular formula is C48H85N3O3. The third kappa shape index (κ3) is 26.0. The molecule has 0 saturated carbocycles. The zero-order valence-corrected chi connectivity index (χ0v) is 35.3. The molecule has 2 atom stereocenters. The first-order chi connectivity index (χ1) is 26.7. The highest BCUT2D eigenvalue weighted by Crippen LogP contribution is 2.17. The fourth-order valence-electron chi connectivity index (χ4n) is 7.36. The van der Waals surface area contributed by atoms with Gasteiger partial charge in [0.2, 0.25) is 5.91 Å². The van der Waals surface area contributed by atoms with E-state index >= 15 is 0 Å². The Morgan fingerprint density at radius 3 is 1.69 bits per heavy atom. The zero-order valence-electron chi connectivity index (χ0n) is 35.3. The number of nitrogens with one attached hydrogen (secondary N) is 2. The van der Waals surface area contributed by atoms with Crippen molar-refractivity contribution in [1.82, 2.24) is 10.6 Å². The predicted molar refractivity (Wildman–Crippen MR) is 233 cm³/mol. The number of ether oxygens (including phenoxy) is 2. The lowest BCUT2D eigenvalue weighted by Gasteiger charge is -2.22. The van der Waals surface area contributed by atoms with Gasteiger partial charge in [0.25, 0.3) is 0 Å². The second kappa shape index (κ2) is 35.4. The van der Waals surface area contributed by atoms with Crippen molar-refractivity contribution in [1.29, 1.82) is 0 Å². The Morgan fingerprint density at radius 1 is 0.611 bits per heavy atom. The molecule has 6 nitrogen and oxygen atoms in total. The van der Waals surface area contributed by atoms with Gasteiger partial charge in [0.1, 0.15) is 0 Å². The molecule has 0 saturated heterocycles. The van der Waals surface area contributed by atoms with E-state index in [2.05, 4.69) is 66.9 Å². The molecule has 2 aromatic carbocycles. The monoisotopic (exact) mass is 752 g/mol. The summed E-state index contributed by atoms with van der Waals surface area (Å²) in [6, 6.07) is 14.7. The fourth-order valence-corrected chi connectivity index (χ4v) is 7.36. The smallest absolute Gasteiger partial charge is 0.237 e. The van der Waals surface area contributed by atoms with Crippen LogP contribution in [0.5, 0.6) is 0 Å². The Hall–Kier alpha value is -1.99. The lowest BCUT2D eigenvalue weighted by molar-refractivity contribution is -0.124. The maximum Gasteiger partial charge on any atom is 0.237 e. The van der Waals surface area contributed by atoms with E-state index in [1.807, 2.05) is 0 Å². The average molecular weight is 752 g/mol. The molecule has 0 bridgehead atoms. The number of unbranched alkanes of at least 4 members (excludes halogenated alkanes) is 23. The Labute approximate surface area is 333 Å². The van der Waals surface area contributed by atoms with Crippen LogP contribution in [-0.4, -0.2) is 51.0 Å². The summed E-state index contributed by atoms with van der Waals surface area (Å²) in [5, 5.41) is 9.24. The summed E-state index contributed by atoms with van der Waals surface area (Å²) >= 11 is 0. The van der Waals surface area contributed by atoms with Crippen molar-refractivity contribution in [2.75, 3.05) is 32.9 Å². The fraction of sp³-hybridized carbons (Fsp3) is 0.771. The molecule has 1 unspecified atom stereocenters. The number of hydrogen-bond acceptors (Lipinski definition) is 5. The third-order valence-electron chi connectivity index (χ3n) is 10.9. The quantitative estimate of drug-likeness (QED) is 0.0592. The van der Waals surface area contributed by atoms with Crippen LogP contribution < -0.4 is 16.4 Å². The molecule has 310 valence electrons. The van der Waals surface area contributed by atoms with E-state index in [1.54, 1.807) is 0 Å². The number of rotatable bonds is 39. The second-order valence-corrected chi connectivity index (χ2v) is 16.0. The lowest BCUT2D eigenvalue weighted by Crippen LogP contribution is -2.47. The maximum absolute atomic E-state index is 13.6. The summed E-state index contributed by atoms with van der Waals surface area (Å²) < 4.78 is 12.5. The van der Waals surface area contributed by atoms with E-state index in [1.165, 1.54) is 158 Å². The number of fused-ring (bicyclic) bond motifs is 1. The Morgan fingerprint density at radius 2 is 1.13 bits per heavy atom. The van der Waals surface area contributed by atoms with Gasteiger partial charge in [-0.3, -0.25) is 4.79 Å². The number of carbonyl (C=O) groups excluding carboxylic acids is 1. The summed E-state index contributed by atoms with van der Waals surface area (Å²) in [5.74, 6) is 0.0349.